The van der Waals surface area contributed by atoms with E-state index in [0.29, 0.717) is 23.1 Å². The molecule has 0 fully saturated rings. The molecular formula is C24H26IN5O2S. The maximum atomic E-state index is 12.6. The van der Waals surface area contributed by atoms with Gasteiger partial charge in [-0.1, -0.05) is 35.5 Å². The molecule has 0 radical (unpaired) electrons. The molecule has 0 saturated heterocycles. The smallest absolute Gasteiger partial charge is 0.251 e. The standard InChI is InChI=1S/C24H26IN5O2S/c1-5-12-30-22(17(4)26-23(32)18-8-6-15(2)7-9-18)28-29-24(30)33-14-21(31)27-20-11-10-19(25)13-16(20)3/h5-11,13,17H,1,12,14H2,2-4H3,(H,26,32)(H,27,31)/t17-/m0/s1. The summed E-state index contributed by atoms with van der Waals surface area (Å²) in [5.41, 5.74) is 3.48. The zero-order valence-electron chi connectivity index (χ0n) is 18.8. The summed E-state index contributed by atoms with van der Waals surface area (Å²) in [6.45, 7) is 10.1. The molecule has 1 aromatic heterocycles. The van der Waals surface area contributed by atoms with Crippen molar-refractivity contribution >= 4 is 51.9 Å². The van der Waals surface area contributed by atoms with E-state index in [1.807, 2.05) is 55.7 Å². The van der Waals surface area contributed by atoms with Crippen LogP contribution in [0.5, 0.6) is 0 Å². The van der Waals surface area contributed by atoms with Crippen molar-refractivity contribution in [2.45, 2.75) is 38.5 Å². The minimum atomic E-state index is -0.371. The first-order valence-corrected chi connectivity index (χ1v) is 12.4. The van der Waals surface area contributed by atoms with Gasteiger partial charge in [-0.2, -0.15) is 0 Å². The normalized spacial score (nSPS) is 11.6. The fraction of sp³-hybridized carbons (Fsp3) is 0.250. The van der Waals surface area contributed by atoms with Crippen molar-refractivity contribution in [3.05, 3.63) is 81.2 Å². The molecule has 0 aliphatic carbocycles. The number of anilines is 1. The van der Waals surface area contributed by atoms with Crippen LogP contribution in [0.2, 0.25) is 0 Å². The predicted octanol–water partition coefficient (Wildman–Crippen LogP) is 4.91. The van der Waals surface area contributed by atoms with Crippen LogP contribution in [0.4, 0.5) is 5.69 Å². The summed E-state index contributed by atoms with van der Waals surface area (Å²) in [5, 5.41) is 15.0. The molecule has 2 aromatic carbocycles. The summed E-state index contributed by atoms with van der Waals surface area (Å²) in [6, 6.07) is 12.9. The number of halogens is 1. The fourth-order valence-electron chi connectivity index (χ4n) is 3.16. The highest BCUT2D eigenvalue weighted by Crippen LogP contribution is 2.22. The van der Waals surface area contributed by atoms with Gasteiger partial charge >= 0.3 is 0 Å². The van der Waals surface area contributed by atoms with Crippen molar-refractivity contribution in [1.82, 2.24) is 20.1 Å². The molecule has 9 heteroatoms. The SMILES string of the molecule is C=CCn1c(SCC(=O)Nc2ccc(I)cc2C)nnc1[C@H](C)NC(=O)c1ccc(C)cc1. The second-order valence-corrected chi connectivity index (χ2v) is 9.79. The highest BCUT2D eigenvalue weighted by molar-refractivity contribution is 14.1. The first-order chi connectivity index (χ1) is 15.8. The summed E-state index contributed by atoms with van der Waals surface area (Å²) in [6.07, 6.45) is 1.74. The molecule has 33 heavy (non-hydrogen) atoms. The molecular weight excluding hydrogens is 549 g/mol. The van der Waals surface area contributed by atoms with E-state index >= 15 is 0 Å². The summed E-state index contributed by atoms with van der Waals surface area (Å²) in [7, 11) is 0. The van der Waals surface area contributed by atoms with Crippen LogP contribution >= 0.6 is 34.4 Å². The topological polar surface area (TPSA) is 88.9 Å². The Morgan fingerprint density at radius 3 is 2.58 bits per heavy atom. The van der Waals surface area contributed by atoms with Gasteiger partial charge in [0.05, 0.1) is 11.8 Å². The average Bonchev–Trinajstić information content (AvgIpc) is 3.17. The van der Waals surface area contributed by atoms with Gasteiger partial charge in [-0.3, -0.25) is 9.59 Å². The third-order valence-corrected chi connectivity index (χ3v) is 6.54. The average molecular weight is 575 g/mol. The van der Waals surface area contributed by atoms with Crippen LogP contribution in [0.1, 0.15) is 40.3 Å². The molecule has 2 amide bonds. The van der Waals surface area contributed by atoms with E-state index in [1.165, 1.54) is 11.8 Å². The third-order valence-electron chi connectivity index (χ3n) is 4.90. The van der Waals surface area contributed by atoms with Gasteiger partial charge < -0.3 is 15.2 Å². The lowest BCUT2D eigenvalue weighted by Gasteiger charge is -2.15. The van der Waals surface area contributed by atoms with Gasteiger partial charge in [0.2, 0.25) is 5.91 Å². The molecule has 3 aromatic rings. The Bertz CT molecular complexity index is 1160. The first kappa shape index (κ1) is 25.0. The van der Waals surface area contributed by atoms with Crippen LogP contribution in [0.3, 0.4) is 0 Å². The summed E-state index contributed by atoms with van der Waals surface area (Å²) < 4.78 is 2.98. The number of rotatable bonds is 9. The van der Waals surface area contributed by atoms with Crippen molar-refractivity contribution in [2.75, 3.05) is 11.1 Å². The number of nitrogens with one attached hydrogen (secondary N) is 2. The Balaban J connectivity index is 1.66. The van der Waals surface area contributed by atoms with E-state index in [4.69, 9.17) is 0 Å². The van der Waals surface area contributed by atoms with Gasteiger partial charge in [0.1, 0.15) is 0 Å². The lowest BCUT2D eigenvalue weighted by atomic mass is 10.1. The van der Waals surface area contributed by atoms with Crippen LogP contribution in [-0.4, -0.2) is 32.3 Å². The van der Waals surface area contributed by atoms with E-state index in [1.54, 1.807) is 18.2 Å². The zero-order valence-corrected chi connectivity index (χ0v) is 21.7. The predicted molar refractivity (Wildman–Crippen MR) is 141 cm³/mol. The number of benzene rings is 2. The molecule has 0 bridgehead atoms. The van der Waals surface area contributed by atoms with Gasteiger partial charge in [-0.05, 0) is 79.3 Å². The number of aromatic nitrogens is 3. The van der Waals surface area contributed by atoms with Crippen LogP contribution < -0.4 is 10.6 Å². The number of carbonyl (C=O) groups excluding carboxylic acids is 2. The Hall–Kier alpha value is -2.66. The quantitative estimate of drug-likeness (QED) is 0.215. The Morgan fingerprint density at radius 2 is 1.91 bits per heavy atom. The number of allylic oxidation sites excluding steroid dienone is 1. The molecule has 3 rings (SSSR count). The first-order valence-electron chi connectivity index (χ1n) is 10.4. The Morgan fingerprint density at radius 1 is 1.18 bits per heavy atom. The lowest BCUT2D eigenvalue weighted by Crippen LogP contribution is -2.28. The minimum absolute atomic E-state index is 0.125. The number of hydrogen-bond acceptors (Lipinski definition) is 5. The molecule has 2 N–H and O–H groups in total. The van der Waals surface area contributed by atoms with Crippen molar-refractivity contribution in [2.24, 2.45) is 0 Å². The highest BCUT2D eigenvalue weighted by Gasteiger charge is 2.20. The molecule has 1 atom stereocenters. The Kier molecular flexibility index (Phi) is 8.67. The summed E-state index contributed by atoms with van der Waals surface area (Å²) in [5.74, 6) is 0.480. The largest absolute Gasteiger partial charge is 0.342 e. The van der Waals surface area contributed by atoms with E-state index in [2.05, 4.69) is 50.0 Å². The van der Waals surface area contributed by atoms with Gasteiger partial charge in [0.15, 0.2) is 11.0 Å². The fourth-order valence-corrected chi connectivity index (χ4v) is 4.56. The van der Waals surface area contributed by atoms with Gasteiger partial charge in [-0.15, -0.1) is 16.8 Å². The number of aryl methyl sites for hydroxylation is 2. The monoisotopic (exact) mass is 575 g/mol. The van der Waals surface area contributed by atoms with Gasteiger partial charge in [-0.25, -0.2) is 0 Å². The second-order valence-electron chi connectivity index (χ2n) is 7.60. The van der Waals surface area contributed by atoms with Gasteiger partial charge in [0, 0.05) is 21.4 Å². The number of thioether (sulfide) groups is 1. The number of nitrogens with zero attached hydrogens (tertiary/aromatic N) is 3. The second kappa shape index (κ2) is 11.5. The molecule has 0 aliphatic heterocycles. The lowest BCUT2D eigenvalue weighted by molar-refractivity contribution is -0.113. The number of carbonyl (C=O) groups is 2. The van der Waals surface area contributed by atoms with Crippen molar-refractivity contribution in [3.63, 3.8) is 0 Å². The van der Waals surface area contributed by atoms with Crippen molar-refractivity contribution < 1.29 is 9.59 Å². The summed E-state index contributed by atoms with van der Waals surface area (Å²) in [4.78, 5) is 25.1. The number of hydrogen-bond donors (Lipinski definition) is 2. The minimum Gasteiger partial charge on any atom is -0.342 e. The van der Waals surface area contributed by atoms with Crippen molar-refractivity contribution in [3.8, 4) is 0 Å². The van der Waals surface area contributed by atoms with Crippen LogP contribution in [0.25, 0.3) is 0 Å². The summed E-state index contributed by atoms with van der Waals surface area (Å²) >= 11 is 3.54. The molecule has 0 saturated carbocycles. The van der Waals surface area contributed by atoms with Crippen LogP contribution in [0.15, 0.2) is 60.3 Å². The van der Waals surface area contributed by atoms with Crippen LogP contribution in [-0.2, 0) is 11.3 Å². The van der Waals surface area contributed by atoms with Crippen molar-refractivity contribution in [1.29, 1.82) is 0 Å². The van der Waals surface area contributed by atoms with E-state index < -0.39 is 0 Å². The van der Waals surface area contributed by atoms with Crippen LogP contribution in [0, 0.1) is 17.4 Å². The Labute approximate surface area is 211 Å². The third kappa shape index (κ3) is 6.67. The molecule has 1 heterocycles. The maximum absolute atomic E-state index is 12.6. The maximum Gasteiger partial charge on any atom is 0.251 e. The molecule has 0 aliphatic rings. The molecule has 0 spiro atoms. The molecule has 172 valence electrons. The number of amides is 2. The highest BCUT2D eigenvalue weighted by atomic mass is 127. The van der Waals surface area contributed by atoms with E-state index in [0.717, 1.165) is 20.4 Å². The molecule has 0 unspecified atom stereocenters. The molecule has 7 nitrogen and oxygen atoms in total. The van der Waals surface area contributed by atoms with Gasteiger partial charge in [0.25, 0.3) is 5.91 Å². The van der Waals surface area contributed by atoms with E-state index in [-0.39, 0.29) is 23.6 Å². The van der Waals surface area contributed by atoms with E-state index in [9.17, 15) is 9.59 Å². The zero-order chi connectivity index (χ0) is 24.0.